The molecular weight excluding hydrogens is 322 g/mol. The molecule has 7 nitrogen and oxygen atoms in total. The third kappa shape index (κ3) is 9.43. The fourth-order valence-corrected chi connectivity index (χ4v) is 2.27. The van der Waals surface area contributed by atoms with Crippen LogP contribution >= 0.6 is 0 Å². The highest BCUT2D eigenvalue weighted by Crippen LogP contribution is 2.08. The van der Waals surface area contributed by atoms with Gasteiger partial charge in [0.15, 0.2) is 0 Å². The monoisotopic (exact) mass is 357 g/mol. The van der Waals surface area contributed by atoms with Crippen LogP contribution in [0.4, 0.5) is 0 Å². The van der Waals surface area contributed by atoms with Gasteiger partial charge in [-0.05, 0) is 24.7 Å². The molecule has 0 radical (unpaired) electrons. The largest absolute Gasteiger partial charge is 0.392 e. The van der Waals surface area contributed by atoms with Crippen molar-refractivity contribution in [3.8, 4) is 0 Å². The van der Waals surface area contributed by atoms with Crippen molar-refractivity contribution in [2.45, 2.75) is 73.1 Å². The number of aliphatic hydroxyl groups excluding tert-OH is 1. The van der Waals surface area contributed by atoms with Crippen LogP contribution in [0.3, 0.4) is 0 Å². The van der Waals surface area contributed by atoms with Crippen molar-refractivity contribution in [2.24, 2.45) is 17.8 Å². The molecule has 7 heteroatoms. The maximum atomic E-state index is 12.6. The maximum Gasteiger partial charge on any atom is 0.243 e. The van der Waals surface area contributed by atoms with E-state index in [1.807, 2.05) is 41.5 Å². The van der Waals surface area contributed by atoms with Crippen LogP contribution in [0, 0.1) is 17.8 Å². The first-order chi connectivity index (χ1) is 11.5. The predicted molar refractivity (Wildman–Crippen MR) is 97.7 cm³/mol. The first kappa shape index (κ1) is 23.4. The summed E-state index contributed by atoms with van der Waals surface area (Å²) in [6.45, 7) is 12.9. The van der Waals surface area contributed by atoms with Crippen molar-refractivity contribution in [3.63, 3.8) is 0 Å². The second kappa shape index (κ2) is 11.1. The number of rotatable bonds is 10. The van der Waals surface area contributed by atoms with Crippen molar-refractivity contribution in [1.29, 1.82) is 0 Å². The molecular formula is C18H35N3O4. The van der Waals surface area contributed by atoms with Crippen molar-refractivity contribution in [3.05, 3.63) is 0 Å². The molecule has 0 saturated carbocycles. The molecule has 0 aromatic heterocycles. The minimum Gasteiger partial charge on any atom is -0.392 e. The molecule has 0 aliphatic heterocycles. The third-order valence-corrected chi connectivity index (χ3v) is 3.68. The zero-order chi connectivity index (χ0) is 19.7. The van der Waals surface area contributed by atoms with Crippen LogP contribution in [0.2, 0.25) is 0 Å². The lowest BCUT2D eigenvalue weighted by atomic mass is 9.99. The van der Waals surface area contributed by atoms with Gasteiger partial charge in [0.1, 0.15) is 12.1 Å². The molecule has 0 aromatic rings. The Morgan fingerprint density at radius 1 is 0.800 bits per heavy atom. The van der Waals surface area contributed by atoms with Gasteiger partial charge in [-0.25, -0.2) is 0 Å². The second-order valence-electron chi connectivity index (χ2n) is 7.71. The summed E-state index contributed by atoms with van der Waals surface area (Å²) in [7, 11) is 0. The number of aliphatic hydroxyl groups is 1. The first-order valence-corrected chi connectivity index (χ1v) is 9.01. The van der Waals surface area contributed by atoms with Crippen LogP contribution in [0.1, 0.15) is 54.9 Å². The molecule has 146 valence electrons. The zero-order valence-corrected chi connectivity index (χ0v) is 16.6. The van der Waals surface area contributed by atoms with E-state index in [-0.39, 0.29) is 42.0 Å². The van der Waals surface area contributed by atoms with Gasteiger partial charge in [-0.1, -0.05) is 41.5 Å². The standard InChI is InChI=1S/C18H35N3O4/c1-10(2)8-14(23)20-16(12(5)6)18(25)21-15(11(3)4)17(24)19-9-13(7)22/h10-13,15-16,22H,8-9H2,1-7H3,(H,19,24)(H,20,23)(H,21,25)/t13-,15-,16-/m0/s1. The molecule has 0 aliphatic rings. The van der Waals surface area contributed by atoms with Crippen LogP contribution in [0.25, 0.3) is 0 Å². The summed E-state index contributed by atoms with van der Waals surface area (Å²) < 4.78 is 0. The molecule has 0 aliphatic carbocycles. The Bertz CT molecular complexity index is 448. The first-order valence-electron chi connectivity index (χ1n) is 9.01. The molecule has 0 saturated heterocycles. The molecule has 3 atom stereocenters. The van der Waals surface area contributed by atoms with E-state index in [0.717, 1.165) is 0 Å². The zero-order valence-electron chi connectivity index (χ0n) is 16.6. The lowest BCUT2D eigenvalue weighted by molar-refractivity contribution is -0.134. The van der Waals surface area contributed by atoms with Gasteiger partial charge >= 0.3 is 0 Å². The summed E-state index contributed by atoms with van der Waals surface area (Å²) in [5.74, 6) is -0.936. The molecule has 0 rings (SSSR count). The normalized spacial score (nSPS) is 15.0. The quantitative estimate of drug-likeness (QED) is 0.464. The summed E-state index contributed by atoms with van der Waals surface area (Å²) in [4.78, 5) is 36.9. The van der Waals surface area contributed by atoms with Gasteiger partial charge in [0.2, 0.25) is 17.7 Å². The maximum absolute atomic E-state index is 12.6. The highest BCUT2D eigenvalue weighted by molar-refractivity contribution is 5.92. The Hall–Kier alpha value is -1.63. The van der Waals surface area contributed by atoms with Gasteiger partial charge in [0, 0.05) is 13.0 Å². The number of carbonyl (C=O) groups excluding carboxylic acids is 3. The summed E-state index contributed by atoms with van der Waals surface area (Å²) in [6, 6.07) is -1.42. The van der Waals surface area contributed by atoms with Crippen molar-refractivity contribution in [2.75, 3.05) is 6.54 Å². The molecule has 4 N–H and O–H groups in total. The number of amides is 3. The van der Waals surface area contributed by atoms with E-state index < -0.39 is 18.2 Å². The second-order valence-corrected chi connectivity index (χ2v) is 7.71. The molecule has 3 amide bonds. The Balaban J connectivity index is 4.97. The Morgan fingerprint density at radius 2 is 1.28 bits per heavy atom. The summed E-state index contributed by atoms with van der Waals surface area (Å²) in [5, 5.41) is 17.4. The number of hydrogen-bond acceptors (Lipinski definition) is 4. The topological polar surface area (TPSA) is 108 Å². The molecule has 0 unspecified atom stereocenters. The van der Waals surface area contributed by atoms with E-state index in [9.17, 15) is 19.5 Å². The fourth-order valence-electron chi connectivity index (χ4n) is 2.27. The van der Waals surface area contributed by atoms with Gasteiger partial charge in [-0.15, -0.1) is 0 Å². The lowest BCUT2D eigenvalue weighted by Gasteiger charge is -2.27. The van der Waals surface area contributed by atoms with Crippen molar-refractivity contribution in [1.82, 2.24) is 16.0 Å². The Morgan fingerprint density at radius 3 is 1.68 bits per heavy atom. The van der Waals surface area contributed by atoms with Crippen LogP contribution in [-0.4, -0.2) is 47.6 Å². The Labute approximate surface area is 151 Å². The minimum atomic E-state index is -0.727. The van der Waals surface area contributed by atoms with Crippen LogP contribution < -0.4 is 16.0 Å². The van der Waals surface area contributed by atoms with E-state index >= 15 is 0 Å². The van der Waals surface area contributed by atoms with Crippen LogP contribution in [-0.2, 0) is 14.4 Å². The van der Waals surface area contributed by atoms with Crippen molar-refractivity contribution >= 4 is 17.7 Å². The van der Waals surface area contributed by atoms with E-state index in [2.05, 4.69) is 16.0 Å². The predicted octanol–water partition coefficient (Wildman–Crippen LogP) is 0.811. The molecule has 0 fully saturated rings. The number of carbonyl (C=O) groups is 3. The molecule has 0 aromatic carbocycles. The van der Waals surface area contributed by atoms with Gasteiger partial charge in [-0.3, -0.25) is 14.4 Å². The smallest absolute Gasteiger partial charge is 0.243 e. The molecule has 0 heterocycles. The van der Waals surface area contributed by atoms with E-state index in [0.29, 0.717) is 6.42 Å². The van der Waals surface area contributed by atoms with Gasteiger partial charge in [0.05, 0.1) is 6.10 Å². The van der Waals surface area contributed by atoms with Crippen LogP contribution in [0.15, 0.2) is 0 Å². The summed E-state index contributed by atoms with van der Waals surface area (Å²) in [6.07, 6.45) is -0.315. The van der Waals surface area contributed by atoms with Crippen molar-refractivity contribution < 1.29 is 19.5 Å². The average Bonchev–Trinajstić information content (AvgIpc) is 2.46. The summed E-state index contributed by atoms with van der Waals surface area (Å²) in [5.41, 5.74) is 0. The molecule has 0 bridgehead atoms. The van der Waals surface area contributed by atoms with Gasteiger partial charge in [0.25, 0.3) is 0 Å². The van der Waals surface area contributed by atoms with Gasteiger partial charge in [-0.2, -0.15) is 0 Å². The fraction of sp³-hybridized carbons (Fsp3) is 0.833. The molecule has 25 heavy (non-hydrogen) atoms. The highest BCUT2D eigenvalue weighted by atomic mass is 16.3. The highest BCUT2D eigenvalue weighted by Gasteiger charge is 2.30. The SMILES string of the molecule is CC(C)CC(=O)N[C@H](C(=O)N[C@H](C(=O)NC[C@H](C)O)C(C)C)C(C)C. The number of hydrogen-bond donors (Lipinski definition) is 4. The number of nitrogens with one attached hydrogen (secondary N) is 3. The Kier molecular flexibility index (Phi) is 10.4. The van der Waals surface area contributed by atoms with E-state index in [4.69, 9.17) is 0 Å². The third-order valence-electron chi connectivity index (χ3n) is 3.68. The average molecular weight is 357 g/mol. The molecule has 0 spiro atoms. The summed E-state index contributed by atoms with van der Waals surface area (Å²) >= 11 is 0. The van der Waals surface area contributed by atoms with Crippen LogP contribution in [0.5, 0.6) is 0 Å². The van der Waals surface area contributed by atoms with Gasteiger partial charge < -0.3 is 21.1 Å². The van der Waals surface area contributed by atoms with E-state index in [1.165, 1.54) is 0 Å². The van der Waals surface area contributed by atoms with E-state index in [1.54, 1.807) is 6.92 Å². The minimum absolute atomic E-state index is 0.107. The lowest BCUT2D eigenvalue weighted by Crippen LogP contribution is -2.57.